The SMILES string of the molecule is CC(NCC(C)(C)c1ccccc1)c1ccc(Br)s1. The number of hydrogen-bond donors (Lipinski definition) is 1. The fourth-order valence-electron chi connectivity index (χ4n) is 2.06. The van der Waals surface area contributed by atoms with Gasteiger partial charge in [0.15, 0.2) is 0 Å². The van der Waals surface area contributed by atoms with Crippen molar-refractivity contribution in [3.63, 3.8) is 0 Å². The second-order valence-corrected chi connectivity index (χ2v) is 7.99. The molecule has 2 aromatic rings. The minimum Gasteiger partial charge on any atom is -0.309 e. The fraction of sp³-hybridized carbons (Fsp3) is 0.375. The average molecular weight is 338 g/mol. The second-order valence-electron chi connectivity index (χ2n) is 5.49. The van der Waals surface area contributed by atoms with E-state index in [9.17, 15) is 0 Å². The van der Waals surface area contributed by atoms with Crippen molar-refractivity contribution in [2.75, 3.05) is 6.54 Å². The van der Waals surface area contributed by atoms with Gasteiger partial charge < -0.3 is 5.32 Å². The molecular weight excluding hydrogens is 318 g/mol. The number of halogens is 1. The first-order valence-electron chi connectivity index (χ1n) is 6.53. The quantitative estimate of drug-likeness (QED) is 0.796. The lowest BCUT2D eigenvalue weighted by Crippen LogP contribution is -2.34. The smallest absolute Gasteiger partial charge is 0.0701 e. The molecule has 0 bridgehead atoms. The summed E-state index contributed by atoms with van der Waals surface area (Å²) in [6.45, 7) is 7.76. The Morgan fingerprint density at radius 2 is 1.84 bits per heavy atom. The van der Waals surface area contributed by atoms with Crippen LogP contribution in [0.1, 0.15) is 37.3 Å². The topological polar surface area (TPSA) is 12.0 Å². The maximum absolute atomic E-state index is 3.64. The molecule has 3 heteroatoms. The summed E-state index contributed by atoms with van der Waals surface area (Å²) in [5.41, 5.74) is 1.52. The molecule has 0 saturated heterocycles. The molecule has 1 heterocycles. The Balaban J connectivity index is 1.98. The molecule has 0 fully saturated rings. The molecule has 1 nitrogen and oxygen atoms in total. The second kappa shape index (κ2) is 6.21. The summed E-state index contributed by atoms with van der Waals surface area (Å²) in [6, 6.07) is 15.4. The van der Waals surface area contributed by atoms with Crippen LogP contribution in [-0.2, 0) is 5.41 Å². The van der Waals surface area contributed by atoms with Crippen molar-refractivity contribution in [1.29, 1.82) is 0 Å². The van der Waals surface area contributed by atoms with Crippen molar-refractivity contribution in [2.45, 2.75) is 32.2 Å². The Kier molecular flexibility index (Phi) is 4.82. The van der Waals surface area contributed by atoms with Gasteiger partial charge in [-0.05, 0) is 40.5 Å². The molecule has 0 radical (unpaired) electrons. The Morgan fingerprint density at radius 3 is 2.42 bits per heavy atom. The first-order valence-corrected chi connectivity index (χ1v) is 8.14. The summed E-state index contributed by atoms with van der Waals surface area (Å²) >= 11 is 5.31. The number of rotatable bonds is 5. The van der Waals surface area contributed by atoms with Gasteiger partial charge in [-0.2, -0.15) is 0 Å². The zero-order valence-electron chi connectivity index (χ0n) is 11.6. The lowest BCUT2D eigenvalue weighted by molar-refractivity contribution is 0.438. The van der Waals surface area contributed by atoms with Crippen molar-refractivity contribution in [1.82, 2.24) is 5.32 Å². The van der Waals surface area contributed by atoms with E-state index in [1.54, 1.807) is 11.3 Å². The van der Waals surface area contributed by atoms with Crippen molar-refractivity contribution < 1.29 is 0 Å². The van der Waals surface area contributed by atoms with E-state index in [0.717, 1.165) is 6.54 Å². The van der Waals surface area contributed by atoms with Crippen LogP contribution in [0, 0.1) is 0 Å². The van der Waals surface area contributed by atoms with Gasteiger partial charge in [0.05, 0.1) is 3.79 Å². The summed E-state index contributed by atoms with van der Waals surface area (Å²) in [7, 11) is 0. The zero-order chi connectivity index (χ0) is 13.9. The first-order chi connectivity index (χ1) is 8.99. The monoisotopic (exact) mass is 337 g/mol. The van der Waals surface area contributed by atoms with Crippen LogP contribution in [0.25, 0.3) is 0 Å². The molecule has 1 aromatic carbocycles. The molecule has 1 atom stereocenters. The van der Waals surface area contributed by atoms with Crippen molar-refractivity contribution in [3.05, 3.63) is 56.7 Å². The molecule has 2 rings (SSSR count). The van der Waals surface area contributed by atoms with Crippen molar-refractivity contribution in [2.24, 2.45) is 0 Å². The van der Waals surface area contributed by atoms with Crippen LogP contribution in [0.5, 0.6) is 0 Å². The number of benzene rings is 1. The number of nitrogens with one attached hydrogen (secondary N) is 1. The van der Waals surface area contributed by atoms with Crippen molar-refractivity contribution in [3.8, 4) is 0 Å². The minimum atomic E-state index is 0.143. The van der Waals surface area contributed by atoms with E-state index in [4.69, 9.17) is 0 Å². The first kappa shape index (κ1) is 14.8. The van der Waals surface area contributed by atoms with Crippen LogP contribution < -0.4 is 5.32 Å². The molecule has 0 aliphatic heterocycles. The molecule has 0 aliphatic rings. The van der Waals surface area contributed by atoms with Gasteiger partial charge in [0.1, 0.15) is 0 Å². The lowest BCUT2D eigenvalue weighted by Gasteiger charge is -2.27. The number of hydrogen-bond acceptors (Lipinski definition) is 2. The van der Waals surface area contributed by atoms with Gasteiger partial charge in [0, 0.05) is 22.9 Å². The van der Waals surface area contributed by atoms with Crippen LogP contribution in [-0.4, -0.2) is 6.54 Å². The molecule has 0 spiro atoms. The third-order valence-electron chi connectivity index (χ3n) is 3.43. The van der Waals surface area contributed by atoms with E-state index in [-0.39, 0.29) is 5.41 Å². The van der Waals surface area contributed by atoms with E-state index in [2.05, 4.69) is 84.5 Å². The maximum atomic E-state index is 3.64. The van der Waals surface area contributed by atoms with Gasteiger partial charge >= 0.3 is 0 Å². The molecule has 0 saturated carbocycles. The highest BCUT2D eigenvalue weighted by Gasteiger charge is 2.21. The van der Waals surface area contributed by atoms with Crippen LogP contribution in [0.4, 0.5) is 0 Å². The predicted molar refractivity (Wildman–Crippen MR) is 87.9 cm³/mol. The van der Waals surface area contributed by atoms with Crippen molar-refractivity contribution >= 4 is 27.3 Å². The van der Waals surface area contributed by atoms with Crippen LogP contribution in [0.2, 0.25) is 0 Å². The third-order valence-corrected chi connectivity index (χ3v) is 5.23. The predicted octanol–water partition coefficient (Wildman–Crippen LogP) is 5.14. The van der Waals surface area contributed by atoms with Gasteiger partial charge in [-0.25, -0.2) is 0 Å². The van der Waals surface area contributed by atoms with Gasteiger partial charge in [-0.3, -0.25) is 0 Å². The Bertz CT molecular complexity index is 519. The maximum Gasteiger partial charge on any atom is 0.0701 e. The summed E-state index contributed by atoms with van der Waals surface area (Å²) < 4.78 is 1.19. The molecule has 1 N–H and O–H groups in total. The molecular formula is C16H20BrNS. The minimum absolute atomic E-state index is 0.143. The van der Waals surface area contributed by atoms with E-state index < -0.39 is 0 Å². The standard InChI is InChI=1S/C16H20BrNS/c1-12(14-9-10-15(17)19-14)18-11-16(2,3)13-7-5-4-6-8-13/h4-10,12,18H,11H2,1-3H3. The zero-order valence-corrected chi connectivity index (χ0v) is 14.0. The molecule has 1 aromatic heterocycles. The summed E-state index contributed by atoms with van der Waals surface area (Å²) in [4.78, 5) is 1.37. The van der Waals surface area contributed by atoms with Gasteiger partial charge in [0.25, 0.3) is 0 Å². The van der Waals surface area contributed by atoms with E-state index in [1.165, 1.54) is 14.2 Å². The Hall–Kier alpha value is -0.640. The summed E-state index contributed by atoms with van der Waals surface area (Å²) in [5, 5.41) is 3.64. The average Bonchev–Trinajstić information content (AvgIpc) is 2.84. The largest absolute Gasteiger partial charge is 0.309 e. The Labute approximate surface area is 128 Å². The molecule has 19 heavy (non-hydrogen) atoms. The Morgan fingerprint density at radius 1 is 1.16 bits per heavy atom. The number of thiophene rings is 1. The van der Waals surface area contributed by atoms with Crippen LogP contribution >= 0.6 is 27.3 Å². The highest BCUT2D eigenvalue weighted by Crippen LogP contribution is 2.28. The van der Waals surface area contributed by atoms with Crippen LogP contribution in [0.3, 0.4) is 0 Å². The van der Waals surface area contributed by atoms with Gasteiger partial charge in [0.2, 0.25) is 0 Å². The summed E-state index contributed by atoms with van der Waals surface area (Å²) in [6.07, 6.45) is 0. The molecule has 102 valence electrons. The third kappa shape index (κ3) is 3.91. The van der Waals surface area contributed by atoms with E-state index in [0.29, 0.717) is 6.04 Å². The summed E-state index contributed by atoms with van der Waals surface area (Å²) in [5.74, 6) is 0. The highest BCUT2D eigenvalue weighted by molar-refractivity contribution is 9.11. The van der Waals surface area contributed by atoms with Gasteiger partial charge in [-0.15, -0.1) is 11.3 Å². The molecule has 1 unspecified atom stereocenters. The molecule has 0 amide bonds. The van der Waals surface area contributed by atoms with E-state index in [1.807, 2.05) is 0 Å². The van der Waals surface area contributed by atoms with E-state index >= 15 is 0 Å². The molecule has 0 aliphatic carbocycles. The lowest BCUT2D eigenvalue weighted by atomic mass is 9.84. The normalized spacial score (nSPS) is 13.5. The highest BCUT2D eigenvalue weighted by atomic mass is 79.9. The fourth-order valence-corrected chi connectivity index (χ4v) is 3.51. The van der Waals surface area contributed by atoms with Gasteiger partial charge in [-0.1, -0.05) is 44.2 Å². The van der Waals surface area contributed by atoms with Crippen LogP contribution in [0.15, 0.2) is 46.3 Å².